The van der Waals surface area contributed by atoms with E-state index in [9.17, 15) is 13.2 Å². The molecule has 112 valence electrons. The van der Waals surface area contributed by atoms with Crippen LogP contribution in [0.4, 0.5) is 19.0 Å². The van der Waals surface area contributed by atoms with Gasteiger partial charge in [0.25, 0.3) is 0 Å². The molecular formula is C12H17F3N4O. The molecule has 0 bridgehead atoms. The highest BCUT2D eigenvalue weighted by Gasteiger charge is 2.34. The summed E-state index contributed by atoms with van der Waals surface area (Å²) in [5.41, 5.74) is 0. The maximum Gasteiger partial charge on any atom is 0.401 e. The van der Waals surface area contributed by atoms with Crippen LogP contribution in [0.5, 0.6) is 5.88 Å². The van der Waals surface area contributed by atoms with Crippen LogP contribution in [0.3, 0.4) is 0 Å². The van der Waals surface area contributed by atoms with Gasteiger partial charge in [-0.15, -0.1) is 0 Å². The third-order valence-electron chi connectivity index (χ3n) is 3.20. The monoisotopic (exact) mass is 290 g/mol. The number of alkyl halides is 3. The largest absolute Gasteiger partial charge is 0.481 e. The fraction of sp³-hybridized carbons (Fsp3) is 0.667. The number of nitrogens with one attached hydrogen (secondary N) is 1. The number of ether oxygens (including phenoxy) is 1. The molecule has 0 radical (unpaired) electrons. The number of nitrogens with zero attached hydrogens (tertiary/aromatic N) is 3. The number of halogens is 3. The van der Waals surface area contributed by atoms with Gasteiger partial charge in [0, 0.05) is 19.2 Å². The summed E-state index contributed by atoms with van der Waals surface area (Å²) in [6.45, 7) is 0.701. The normalized spacial score (nSPS) is 20.1. The summed E-state index contributed by atoms with van der Waals surface area (Å²) < 4.78 is 41.8. The van der Waals surface area contributed by atoms with Crippen LogP contribution in [0.15, 0.2) is 12.4 Å². The number of hydrogen-bond acceptors (Lipinski definition) is 5. The molecule has 1 atom stereocenters. The van der Waals surface area contributed by atoms with E-state index in [0.29, 0.717) is 31.3 Å². The zero-order chi connectivity index (χ0) is 14.6. The second-order valence-corrected chi connectivity index (χ2v) is 4.83. The first-order chi connectivity index (χ1) is 9.46. The predicted octanol–water partition coefficient (Wildman–Crippen LogP) is 1.78. The topological polar surface area (TPSA) is 50.3 Å². The molecule has 2 heterocycles. The van der Waals surface area contributed by atoms with Crippen LogP contribution in [0.1, 0.15) is 6.42 Å². The van der Waals surface area contributed by atoms with Crippen LogP contribution < -0.4 is 10.1 Å². The predicted molar refractivity (Wildman–Crippen MR) is 67.7 cm³/mol. The van der Waals surface area contributed by atoms with Crippen molar-refractivity contribution < 1.29 is 17.9 Å². The van der Waals surface area contributed by atoms with Gasteiger partial charge < -0.3 is 10.1 Å². The van der Waals surface area contributed by atoms with Crippen molar-refractivity contribution in [2.75, 3.05) is 38.6 Å². The van der Waals surface area contributed by atoms with E-state index in [4.69, 9.17) is 4.74 Å². The van der Waals surface area contributed by atoms with Gasteiger partial charge in [-0.25, -0.2) is 9.97 Å². The summed E-state index contributed by atoms with van der Waals surface area (Å²) in [4.78, 5) is 9.35. The summed E-state index contributed by atoms with van der Waals surface area (Å²) in [6.07, 6.45) is -1.99. The van der Waals surface area contributed by atoms with Gasteiger partial charge in [-0.05, 0) is 18.9 Å². The Balaban J connectivity index is 1.78. The highest BCUT2D eigenvalue weighted by molar-refractivity contribution is 5.37. The maximum atomic E-state index is 12.3. The highest BCUT2D eigenvalue weighted by Crippen LogP contribution is 2.23. The molecule has 8 heteroatoms. The van der Waals surface area contributed by atoms with Gasteiger partial charge in [-0.2, -0.15) is 13.2 Å². The van der Waals surface area contributed by atoms with Gasteiger partial charge in [-0.3, -0.25) is 4.90 Å². The van der Waals surface area contributed by atoms with E-state index < -0.39 is 12.7 Å². The Morgan fingerprint density at radius 3 is 2.95 bits per heavy atom. The number of methoxy groups -OCH3 is 1. The van der Waals surface area contributed by atoms with Crippen molar-refractivity contribution in [2.24, 2.45) is 5.92 Å². The van der Waals surface area contributed by atoms with Crippen LogP contribution in [0.2, 0.25) is 0 Å². The minimum absolute atomic E-state index is 0.193. The van der Waals surface area contributed by atoms with E-state index in [1.165, 1.54) is 18.3 Å². The van der Waals surface area contributed by atoms with E-state index in [1.807, 2.05) is 0 Å². The average Bonchev–Trinajstić information content (AvgIpc) is 2.82. The zero-order valence-corrected chi connectivity index (χ0v) is 11.2. The third kappa shape index (κ3) is 4.52. The third-order valence-corrected chi connectivity index (χ3v) is 3.20. The SMILES string of the molecule is COc1cc(NCC2CCN(CC(F)(F)F)C2)ncn1. The molecule has 0 saturated carbocycles. The molecule has 0 aromatic carbocycles. The van der Waals surface area contributed by atoms with Crippen molar-refractivity contribution in [3.05, 3.63) is 12.4 Å². The summed E-state index contributed by atoms with van der Waals surface area (Å²) in [5.74, 6) is 1.26. The lowest BCUT2D eigenvalue weighted by atomic mass is 10.1. The number of anilines is 1. The van der Waals surface area contributed by atoms with Gasteiger partial charge >= 0.3 is 6.18 Å². The zero-order valence-electron chi connectivity index (χ0n) is 11.2. The van der Waals surface area contributed by atoms with Gasteiger partial charge in [0.1, 0.15) is 12.1 Å². The lowest BCUT2D eigenvalue weighted by molar-refractivity contribution is -0.143. The summed E-state index contributed by atoms with van der Waals surface area (Å²) in [7, 11) is 1.51. The lowest BCUT2D eigenvalue weighted by Crippen LogP contribution is -2.33. The van der Waals surface area contributed by atoms with Crippen LogP contribution in [0, 0.1) is 5.92 Å². The smallest absolute Gasteiger partial charge is 0.401 e. The second kappa shape index (κ2) is 6.25. The molecule has 0 spiro atoms. The highest BCUT2D eigenvalue weighted by atomic mass is 19.4. The fourth-order valence-corrected chi connectivity index (χ4v) is 2.27. The van der Waals surface area contributed by atoms with Crippen molar-refractivity contribution in [2.45, 2.75) is 12.6 Å². The Morgan fingerprint density at radius 1 is 1.45 bits per heavy atom. The molecule has 0 amide bonds. The van der Waals surface area contributed by atoms with Crippen molar-refractivity contribution in [1.29, 1.82) is 0 Å². The van der Waals surface area contributed by atoms with Crippen LogP contribution >= 0.6 is 0 Å². The Kier molecular flexibility index (Phi) is 4.64. The van der Waals surface area contributed by atoms with Crippen molar-refractivity contribution in [3.63, 3.8) is 0 Å². The van der Waals surface area contributed by atoms with E-state index >= 15 is 0 Å². The first kappa shape index (κ1) is 14.8. The van der Waals surface area contributed by atoms with E-state index in [1.54, 1.807) is 6.07 Å². The van der Waals surface area contributed by atoms with Crippen LogP contribution in [0.25, 0.3) is 0 Å². The molecule has 1 aliphatic rings. The molecule has 20 heavy (non-hydrogen) atoms. The minimum Gasteiger partial charge on any atom is -0.481 e. The van der Waals surface area contributed by atoms with Gasteiger partial charge in [-0.1, -0.05) is 0 Å². The van der Waals surface area contributed by atoms with Crippen molar-refractivity contribution in [1.82, 2.24) is 14.9 Å². The molecule has 5 nitrogen and oxygen atoms in total. The lowest BCUT2D eigenvalue weighted by Gasteiger charge is -2.18. The van der Waals surface area contributed by atoms with Crippen LogP contribution in [-0.4, -0.2) is 54.3 Å². The molecule has 1 aliphatic heterocycles. The van der Waals surface area contributed by atoms with E-state index in [-0.39, 0.29) is 5.92 Å². The molecule has 1 unspecified atom stereocenters. The molecule has 2 rings (SSSR count). The summed E-state index contributed by atoms with van der Waals surface area (Å²) in [6, 6.07) is 1.66. The summed E-state index contributed by atoms with van der Waals surface area (Å²) in [5, 5.41) is 3.11. The minimum atomic E-state index is -4.12. The second-order valence-electron chi connectivity index (χ2n) is 4.83. The summed E-state index contributed by atoms with van der Waals surface area (Å²) >= 11 is 0. The molecular weight excluding hydrogens is 273 g/mol. The molecule has 1 N–H and O–H groups in total. The molecule has 1 fully saturated rings. The first-order valence-corrected chi connectivity index (χ1v) is 6.35. The van der Waals surface area contributed by atoms with Gasteiger partial charge in [0.2, 0.25) is 5.88 Å². The Bertz CT molecular complexity index is 441. The average molecular weight is 290 g/mol. The molecule has 1 saturated heterocycles. The molecule has 0 aliphatic carbocycles. The van der Waals surface area contributed by atoms with Gasteiger partial charge in [0.15, 0.2) is 0 Å². The number of likely N-dealkylation sites (tertiary alicyclic amines) is 1. The quantitative estimate of drug-likeness (QED) is 0.896. The fourth-order valence-electron chi connectivity index (χ4n) is 2.27. The number of hydrogen-bond donors (Lipinski definition) is 1. The number of aromatic nitrogens is 2. The first-order valence-electron chi connectivity index (χ1n) is 6.35. The molecule has 1 aromatic heterocycles. The van der Waals surface area contributed by atoms with Crippen molar-refractivity contribution >= 4 is 5.82 Å². The molecule has 1 aromatic rings. The Labute approximate surface area is 115 Å². The van der Waals surface area contributed by atoms with Crippen LogP contribution in [-0.2, 0) is 0 Å². The number of rotatable bonds is 5. The maximum absolute atomic E-state index is 12.3. The Hall–Kier alpha value is -1.57. The van der Waals surface area contributed by atoms with E-state index in [0.717, 1.165) is 6.42 Å². The van der Waals surface area contributed by atoms with Crippen molar-refractivity contribution in [3.8, 4) is 5.88 Å². The standard InChI is InChI=1S/C12H17F3N4O/c1-20-11-4-10(17-8-18-11)16-5-9-2-3-19(6-9)7-12(13,14)15/h4,8-9H,2-3,5-7H2,1H3,(H,16,17,18). The van der Waals surface area contributed by atoms with E-state index in [2.05, 4.69) is 15.3 Å². The van der Waals surface area contributed by atoms with Gasteiger partial charge in [0.05, 0.1) is 13.7 Å². The Morgan fingerprint density at radius 2 is 2.25 bits per heavy atom.